The van der Waals surface area contributed by atoms with E-state index in [4.69, 9.17) is 4.42 Å². The van der Waals surface area contributed by atoms with E-state index >= 15 is 0 Å². The second kappa shape index (κ2) is 8.65. The van der Waals surface area contributed by atoms with Crippen molar-refractivity contribution in [2.24, 2.45) is 5.92 Å². The summed E-state index contributed by atoms with van der Waals surface area (Å²) in [5.74, 6) is -0.0788. The Hall–Kier alpha value is -2.53. The summed E-state index contributed by atoms with van der Waals surface area (Å²) in [6, 6.07) is 12.1. The van der Waals surface area contributed by atoms with Gasteiger partial charge in [0.15, 0.2) is 17.8 Å². The highest BCUT2D eigenvalue weighted by Crippen LogP contribution is 2.22. The molecule has 1 aliphatic heterocycles. The van der Waals surface area contributed by atoms with Crippen LogP contribution >= 0.6 is 0 Å². The van der Waals surface area contributed by atoms with Crippen LogP contribution in [0, 0.1) is 11.7 Å². The lowest BCUT2D eigenvalue weighted by Crippen LogP contribution is -2.37. The van der Waals surface area contributed by atoms with Gasteiger partial charge in [-0.25, -0.2) is 9.37 Å². The second-order valence-corrected chi connectivity index (χ2v) is 7.60. The largest absolute Gasteiger partial charge is 0.443 e. The lowest BCUT2D eigenvalue weighted by atomic mass is 9.89. The Morgan fingerprint density at radius 1 is 1.11 bits per heavy atom. The summed E-state index contributed by atoms with van der Waals surface area (Å²) >= 11 is 0. The van der Waals surface area contributed by atoms with Crippen LogP contribution in [0.25, 0.3) is 11.1 Å². The van der Waals surface area contributed by atoms with Crippen molar-refractivity contribution < 1.29 is 13.6 Å². The highest BCUT2D eigenvalue weighted by molar-refractivity contribution is 5.97. The highest BCUT2D eigenvalue weighted by atomic mass is 19.1. The molecule has 2 heterocycles. The standard InChI is InChI=1S/C23H25FN2O2/c24-20-7-5-18(6-8-20)23(27)19-10-13-26(14-11-19)12-2-1-3-17-4-9-21-22(15-17)28-16-25-21/h4-9,15-16,19H,1-3,10-14H2. The van der Waals surface area contributed by atoms with Crippen LogP contribution in [0.1, 0.15) is 41.6 Å². The lowest BCUT2D eigenvalue weighted by Gasteiger charge is -2.31. The van der Waals surface area contributed by atoms with Gasteiger partial charge in [0, 0.05) is 11.5 Å². The van der Waals surface area contributed by atoms with E-state index in [2.05, 4.69) is 22.0 Å². The van der Waals surface area contributed by atoms with E-state index in [0.29, 0.717) is 5.56 Å². The highest BCUT2D eigenvalue weighted by Gasteiger charge is 2.25. The van der Waals surface area contributed by atoms with Crippen LogP contribution < -0.4 is 0 Å². The van der Waals surface area contributed by atoms with E-state index in [0.717, 1.165) is 62.8 Å². The van der Waals surface area contributed by atoms with Crippen molar-refractivity contribution in [2.75, 3.05) is 19.6 Å². The molecule has 28 heavy (non-hydrogen) atoms. The van der Waals surface area contributed by atoms with Gasteiger partial charge in [-0.1, -0.05) is 6.07 Å². The summed E-state index contributed by atoms with van der Waals surface area (Å²) in [6.45, 7) is 2.99. The maximum absolute atomic E-state index is 13.0. The summed E-state index contributed by atoms with van der Waals surface area (Å²) in [6.07, 6.45) is 6.57. The summed E-state index contributed by atoms with van der Waals surface area (Å²) < 4.78 is 18.4. The average Bonchev–Trinajstić information content (AvgIpc) is 3.20. The average molecular weight is 380 g/mol. The Kier molecular flexibility index (Phi) is 5.81. The van der Waals surface area contributed by atoms with E-state index in [1.807, 2.05) is 6.07 Å². The number of oxazole rings is 1. The molecule has 1 fully saturated rings. The minimum atomic E-state index is -0.299. The van der Waals surface area contributed by atoms with Gasteiger partial charge in [0.1, 0.15) is 11.3 Å². The van der Waals surface area contributed by atoms with Crippen molar-refractivity contribution in [3.63, 3.8) is 0 Å². The van der Waals surface area contributed by atoms with Gasteiger partial charge < -0.3 is 9.32 Å². The summed E-state index contributed by atoms with van der Waals surface area (Å²) in [7, 11) is 0. The zero-order valence-corrected chi connectivity index (χ0v) is 15.9. The topological polar surface area (TPSA) is 46.3 Å². The molecule has 0 saturated carbocycles. The molecule has 5 heteroatoms. The minimum Gasteiger partial charge on any atom is -0.443 e. The van der Waals surface area contributed by atoms with Gasteiger partial charge in [-0.15, -0.1) is 0 Å². The maximum atomic E-state index is 13.0. The number of carbonyl (C=O) groups excluding carboxylic acids is 1. The van der Waals surface area contributed by atoms with E-state index < -0.39 is 0 Å². The fraction of sp³-hybridized carbons (Fsp3) is 0.391. The van der Waals surface area contributed by atoms with Crippen molar-refractivity contribution in [2.45, 2.75) is 32.1 Å². The van der Waals surface area contributed by atoms with E-state index in [1.165, 1.54) is 24.1 Å². The van der Waals surface area contributed by atoms with Crippen molar-refractivity contribution in [1.82, 2.24) is 9.88 Å². The molecule has 3 aromatic rings. The molecule has 4 nitrogen and oxygen atoms in total. The van der Waals surface area contributed by atoms with Crippen LogP contribution in [0.4, 0.5) is 4.39 Å². The van der Waals surface area contributed by atoms with Gasteiger partial charge >= 0.3 is 0 Å². The number of fused-ring (bicyclic) bond motifs is 1. The first kappa shape index (κ1) is 18.8. The van der Waals surface area contributed by atoms with E-state index in [1.54, 1.807) is 12.1 Å². The van der Waals surface area contributed by atoms with Crippen LogP contribution in [0.15, 0.2) is 53.3 Å². The number of hydrogen-bond acceptors (Lipinski definition) is 4. The van der Waals surface area contributed by atoms with Gasteiger partial charge in [-0.2, -0.15) is 0 Å². The van der Waals surface area contributed by atoms with Gasteiger partial charge in [-0.05, 0) is 93.7 Å². The fourth-order valence-electron chi connectivity index (χ4n) is 3.99. The predicted molar refractivity (Wildman–Crippen MR) is 107 cm³/mol. The summed E-state index contributed by atoms with van der Waals surface area (Å²) in [5.41, 5.74) is 3.67. The molecule has 0 N–H and O–H groups in total. The van der Waals surface area contributed by atoms with Gasteiger partial charge in [0.2, 0.25) is 0 Å². The molecule has 1 aromatic heterocycles. The number of likely N-dealkylation sites (tertiary alicyclic amines) is 1. The molecule has 146 valence electrons. The van der Waals surface area contributed by atoms with Crippen LogP contribution in [0.3, 0.4) is 0 Å². The van der Waals surface area contributed by atoms with Crippen molar-refractivity contribution in [3.05, 3.63) is 65.8 Å². The smallest absolute Gasteiger partial charge is 0.181 e. The third-order valence-corrected chi connectivity index (χ3v) is 5.67. The molecule has 0 bridgehead atoms. The molecule has 1 aliphatic rings. The third-order valence-electron chi connectivity index (χ3n) is 5.67. The van der Waals surface area contributed by atoms with Crippen molar-refractivity contribution >= 4 is 16.9 Å². The molecule has 0 aliphatic carbocycles. The Balaban J connectivity index is 1.18. The number of benzene rings is 2. The van der Waals surface area contributed by atoms with E-state index in [9.17, 15) is 9.18 Å². The monoisotopic (exact) mass is 380 g/mol. The van der Waals surface area contributed by atoms with Gasteiger partial charge in [-0.3, -0.25) is 4.79 Å². The molecule has 0 amide bonds. The number of piperidine rings is 1. The number of nitrogens with zero attached hydrogens (tertiary/aromatic N) is 2. The Labute approximate surface area is 164 Å². The number of halogens is 1. The number of unbranched alkanes of at least 4 members (excludes halogenated alkanes) is 1. The number of ketones is 1. The zero-order valence-electron chi connectivity index (χ0n) is 15.9. The number of Topliss-reactive ketones (excluding diaryl/α,β-unsaturated/α-hetero) is 1. The molecule has 0 radical (unpaired) electrons. The predicted octanol–water partition coefficient (Wildman–Crippen LogP) is 4.88. The first-order chi connectivity index (χ1) is 13.7. The molecule has 0 spiro atoms. The number of rotatable bonds is 7. The first-order valence-corrected chi connectivity index (χ1v) is 10.0. The molecule has 4 rings (SSSR count). The second-order valence-electron chi connectivity index (χ2n) is 7.60. The van der Waals surface area contributed by atoms with E-state index in [-0.39, 0.29) is 17.5 Å². The fourth-order valence-corrected chi connectivity index (χ4v) is 3.99. The zero-order chi connectivity index (χ0) is 19.3. The van der Waals surface area contributed by atoms with Gasteiger partial charge in [0.05, 0.1) is 0 Å². The minimum absolute atomic E-state index is 0.0651. The molecule has 2 aromatic carbocycles. The van der Waals surface area contributed by atoms with Crippen LogP contribution in [-0.4, -0.2) is 35.3 Å². The number of aromatic nitrogens is 1. The van der Waals surface area contributed by atoms with Crippen LogP contribution in [-0.2, 0) is 6.42 Å². The number of carbonyl (C=O) groups is 1. The summed E-state index contributed by atoms with van der Waals surface area (Å²) in [5, 5.41) is 0. The lowest BCUT2D eigenvalue weighted by molar-refractivity contribution is 0.0839. The quantitative estimate of drug-likeness (QED) is 0.433. The molecule has 0 unspecified atom stereocenters. The van der Waals surface area contributed by atoms with Crippen LogP contribution in [0.2, 0.25) is 0 Å². The third kappa shape index (κ3) is 4.47. The first-order valence-electron chi connectivity index (χ1n) is 10.0. The SMILES string of the molecule is O=C(c1ccc(F)cc1)C1CCN(CCCCc2ccc3ncoc3c2)CC1. The Bertz CT molecular complexity index is 927. The van der Waals surface area contributed by atoms with Crippen molar-refractivity contribution in [1.29, 1.82) is 0 Å². The number of hydrogen-bond donors (Lipinski definition) is 0. The van der Waals surface area contributed by atoms with Crippen LogP contribution in [0.5, 0.6) is 0 Å². The molecule has 0 atom stereocenters. The molecular formula is C23H25FN2O2. The summed E-state index contributed by atoms with van der Waals surface area (Å²) in [4.78, 5) is 19.2. The Morgan fingerprint density at radius 3 is 2.68 bits per heavy atom. The van der Waals surface area contributed by atoms with Gasteiger partial charge in [0.25, 0.3) is 0 Å². The Morgan fingerprint density at radius 2 is 1.89 bits per heavy atom. The number of aryl methyl sites for hydroxylation is 1. The molecular weight excluding hydrogens is 355 g/mol. The van der Waals surface area contributed by atoms with Crippen molar-refractivity contribution in [3.8, 4) is 0 Å². The molecule has 1 saturated heterocycles. The normalized spacial score (nSPS) is 15.9. The maximum Gasteiger partial charge on any atom is 0.181 e.